The normalized spacial score (nSPS) is 11.0. The van der Waals surface area contributed by atoms with E-state index in [1.807, 2.05) is 13.0 Å². The lowest BCUT2D eigenvalue weighted by Gasteiger charge is -2.10. The van der Waals surface area contributed by atoms with Crippen LogP contribution in [-0.2, 0) is 6.54 Å². The Bertz CT molecular complexity index is 922. The fourth-order valence-electron chi connectivity index (χ4n) is 2.88. The van der Waals surface area contributed by atoms with Crippen molar-refractivity contribution in [3.05, 3.63) is 56.4 Å². The van der Waals surface area contributed by atoms with Crippen molar-refractivity contribution in [2.24, 2.45) is 5.18 Å². The molecule has 0 atom stereocenters. The Kier molecular flexibility index (Phi) is 5.30. The molecule has 0 fully saturated rings. The maximum absolute atomic E-state index is 11.1. The van der Waals surface area contributed by atoms with Crippen molar-refractivity contribution in [3.63, 3.8) is 0 Å². The van der Waals surface area contributed by atoms with Crippen LogP contribution >= 0.6 is 27.5 Å². The van der Waals surface area contributed by atoms with Gasteiger partial charge in [0.25, 0.3) is 0 Å². The van der Waals surface area contributed by atoms with Crippen LogP contribution in [0.2, 0.25) is 5.02 Å². The number of hydrogen-bond donors (Lipinski definition) is 1. The maximum Gasteiger partial charge on any atom is 0.222 e. The van der Waals surface area contributed by atoms with Gasteiger partial charge in [-0.25, -0.2) is 0 Å². The van der Waals surface area contributed by atoms with Gasteiger partial charge in [0, 0.05) is 21.4 Å². The van der Waals surface area contributed by atoms with Crippen LogP contribution < -0.4 is 4.74 Å². The molecule has 3 rings (SSSR count). The second-order valence-corrected chi connectivity index (χ2v) is 7.04. The summed E-state index contributed by atoms with van der Waals surface area (Å²) >= 11 is 9.25. The van der Waals surface area contributed by atoms with Gasteiger partial charge in [0.1, 0.15) is 5.75 Å². The summed E-state index contributed by atoms with van der Waals surface area (Å²) in [7, 11) is 0. The van der Waals surface area contributed by atoms with Gasteiger partial charge in [-0.1, -0.05) is 27.5 Å². The van der Waals surface area contributed by atoms with Crippen LogP contribution in [0.15, 0.2) is 46.0 Å². The first-order valence-corrected chi connectivity index (χ1v) is 8.91. The standard InChI is InChI=1S/C18H16BrClN2O3/c1-11-9-12(19)10-15-16(21-24)18(23)22(17(11)15)7-2-8-25-14-5-3-13(20)4-6-14/h3-6,9-10,23H,2,7-8H2,1H3. The Balaban J connectivity index is 1.78. The highest BCUT2D eigenvalue weighted by Crippen LogP contribution is 2.41. The van der Waals surface area contributed by atoms with Crippen LogP contribution in [0, 0.1) is 11.8 Å². The fourth-order valence-corrected chi connectivity index (χ4v) is 3.58. The Morgan fingerprint density at radius 2 is 2.00 bits per heavy atom. The number of aromatic hydroxyl groups is 1. The van der Waals surface area contributed by atoms with Gasteiger partial charge in [0.2, 0.25) is 5.88 Å². The molecular formula is C18H16BrClN2O3. The average molecular weight is 424 g/mol. The van der Waals surface area contributed by atoms with E-state index in [-0.39, 0.29) is 11.6 Å². The quantitative estimate of drug-likeness (QED) is 0.394. The van der Waals surface area contributed by atoms with Gasteiger partial charge in [-0.05, 0) is 60.5 Å². The third kappa shape index (κ3) is 3.65. The van der Waals surface area contributed by atoms with E-state index < -0.39 is 0 Å². The third-order valence-corrected chi connectivity index (χ3v) is 4.67. The summed E-state index contributed by atoms with van der Waals surface area (Å²) in [6.07, 6.45) is 0.660. The molecule has 0 unspecified atom stereocenters. The molecule has 25 heavy (non-hydrogen) atoms. The van der Waals surface area contributed by atoms with E-state index in [9.17, 15) is 10.0 Å². The first-order chi connectivity index (χ1) is 12.0. The van der Waals surface area contributed by atoms with Crippen molar-refractivity contribution < 1.29 is 9.84 Å². The minimum absolute atomic E-state index is 0.0676. The predicted molar refractivity (Wildman–Crippen MR) is 103 cm³/mol. The zero-order valence-corrected chi connectivity index (χ0v) is 15.8. The first-order valence-electron chi connectivity index (χ1n) is 7.74. The van der Waals surface area contributed by atoms with Crippen LogP contribution in [0.1, 0.15) is 12.0 Å². The second-order valence-electron chi connectivity index (χ2n) is 5.69. The van der Waals surface area contributed by atoms with Crippen LogP contribution in [-0.4, -0.2) is 16.3 Å². The first kappa shape index (κ1) is 17.8. The van der Waals surface area contributed by atoms with Gasteiger partial charge >= 0.3 is 0 Å². The Morgan fingerprint density at radius 1 is 1.28 bits per heavy atom. The summed E-state index contributed by atoms with van der Waals surface area (Å²) in [6, 6.07) is 10.9. The van der Waals surface area contributed by atoms with Crippen LogP contribution in [0.25, 0.3) is 10.9 Å². The summed E-state index contributed by atoms with van der Waals surface area (Å²) in [5, 5.41) is 14.7. The number of fused-ring (bicyclic) bond motifs is 1. The summed E-state index contributed by atoms with van der Waals surface area (Å²) < 4.78 is 8.22. The molecule has 2 aromatic carbocycles. The minimum atomic E-state index is -0.113. The lowest BCUT2D eigenvalue weighted by Crippen LogP contribution is -2.04. The molecule has 7 heteroatoms. The van der Waals surface area contributed by atoms with Gasteiger partial charge in [-0.15, -0.1) is 4.91 Å². The molecule has 0 aliphatic carbocycles. The number of ether oxygens (including phenoxy) is 1. The van der Waals surface area contributed by atoms with Crippen LogP contribution in [0.5, 0.6) is 11.6 Å². The van der Waals surface area contributed by atoms with Crippen molar-refractivity contribution in [1.29, 1.82) is 0 Å². The Morgan fingerprint density at radius 3 is 2.68 bits per heavy atom. The highest BCUT2D eigenvalue weighted by atomic mass is 79.9. The van der Waals surface area contributed by atoms with Gasteiger partial charge in [-0.2, -0.15) is 0 Å². The van der Waals surface area contributed by atoms with E-state index in [4.69, 9.17) is 16.3 Å². The van der Waals surface area contributed by atoms with E-state index in [1.165, 1.54) is 0 Å². The molecule has 3 aromatic rings. The number of aromatic nitrogens is 1. The van der Waals surface area contributed by atoms with Crippen molar-refractivity contribution in [3.8, 4) is 11.6 Å². The third-order valence-electron chi connectivity index (χ3n) is 3.96. The zero-order chi connectivity index (χ0) is 18.0. The molecule has 0 saturated carbocycles. The van der Waals surface area contributed by atoms with Gasteiger partial charge in [0.05, 0.1) is 12.1 Å². The average Bonchev–Trinajstić information content (AvgIpc) is 2.84. The molecule has 0 saturated heterocycles. The fraction of sp³-hybridized carbons (Fsp3) is 0.222. The Hall–Kier alpha value is -2.05. The lowest BCUT2D eigenvalue weighted by atomic mass is 10.1. The number of nitroso groups, excluding NO2 is 1. The van der Waals surface area contributed by atoms with Crippen LogP contribution in [0.4, 0.5) is 5.69 Å². The largest absolute Gasteiger partial charge is 0.494 e. The number of nitrogens with zero attached hydrogens (tertiary/aromatic N) is 2. The molecule has 1 heterocycles. The number of benzene rings is 2. The van der Waals surface area contributed by atoms with Gasteiger partial charge in [-0.3, -0.25) is 0 Å². The molecule has 5 nitrogen and oxygen atoms in total. The lowest BCUT2D eigenvalue weighted by molar-refractivity contribution is 0.298. The number of aryl methyl sites for hydroxylation is 2. The van der Waals surface area contributed by atoms with Crippen molar-refractivity contribution >= 4 is 44.1 Å². The van der Waals surface area contributed by atoms with E-state index in [1.54, 1.807) is 34.9 Å². The SMILES string of the molecule is Cc1cc(Br)cc2c(N=O)c(O)n(CCCOc3ccc(Cl)cc3)c12. The molecule has 1 aromatic heterocycles. The highest BCUT2D eigenvalue weighted by molar-refractivity contribution is 9.10. The van der Waals surface area contributed by atoms with E-state index in [0.717, 1.165) is 21.3 Å². The molecule has 0 radical (unpaired) electrons. The zero-order valence-electron chi connectivity index (χ0n) is 13.5. The molecule has 0 spiro atoms. The van der Waals surface area contributed by atoms with E-state index in [0.29, 0.717) is 30.0 Å². The summed E-state index contributed by atoms with van der Waals surface area (Å²) in [5.74, 6) is 0.624. The summed E-state index contributed by atoms with van der Waals surface area (Å²) in [5.41, 5.74) is 1.83. The number of hydrogen-bond acceptors (Lipinski definition) is 4. The topological polar surface area (TPSA) is 63.8 Å². The van der Waals surface area contributed by atoms with Crippen molar-refractivity contribution in [1.82, 2.24) is 4.57 Å². The highest BCUT2D eigenvalue weighted by Gasteiger charge is 2.19. The number of halogens is 2. The predicted octanol–water partition coefficient (Wildman–Crippen LogP) is 5.94. The summed E-state index contributed by atoms with van der Waals surface area (Å²) in [6.45, 7) is 2.91. The molecule has 0 bridgehead atoms. The van der Waals surface area contributed by atoms with Crippen molar-refractivity contribution in [2.75, 3.05) is 6.61 Å². The molecule has 0 amide bonds. The van der Waals surface area contributed by atoms with Gasteiger partial charge < -0.3 is 14.4 Å². The molecule has 1 N–H and O–H groups in total. The summed E-state index contributed by atoms with van der Waals surface area (Å²) in [4.78, 5) is 11.1. The van der Waals surface area contributed by atoms with Crippen molar-refractivity contribution in [2.45, 2.75) is 19.9 Å². The molecule has 130 valence electrons. The van der Waals surface area contributed by atoms with E-state index in [2.05, 4.69) is 21.1 Å². The van der Waals surface area contributed by atoms with Gasteiger partial charge in [0.15, 0.2) is 5.69 Å². The molecular weight excluding hydrogens is 408 g/mol. The Labute approximate surface area is 158 Å². The maximum atomic E-state index is 11.1. The molecule has 0 aliphatic heterocycles. The second kappa shape index (κ2) is 7.45. The monoisotopic (exact) mass is 422 g/mol. The van der Waals surface area contributed by atoms with E-state index >= 15 is 0 Å². The smallest absolute Gasteiger partial charge is 0.222 e. The number of rotatable bonds is 6. The molecule has 0 aliphatic rings. The minimum Gasteiger partial charge on any atom is -0.494 e. The van der Waals surface area contributed by atoms with Crippen LogP contribution in [0.3, 0.4) is 0 Å².